The number of anilines is 1. The molecule has 1 fully saturated rings. The number of carbonyl (C=O) groups is 1. The number of hydrogen-bond acceptors (Lipinski definition) is 4. The van der Waals surface area contributed by atoms with Crippen LogP contribution >= 0.6 is 0 Å². The molecule has 16 heavy (non-hydrogen) atoms. The minimum absolute atomic E-state index is 0.0932. The third kappa shape index (κ3) is 1.99. The second-order valence-corrected chi connectivity index (χ2v) is 3.83. The lowest BCUT2D eigenvalue weighted by molar-refractivity contribution is 0.0995. The Kier molecular flexibility index (Phi) is 3.05. The molecule has 5 nitrogen and oxygen atoms in total. The molecule has 85 valence electrons. The second kappa shape index (κ2) is 4.49. The van der Waals surface area contributed by atoms with Gasteiger partial charge in [0.2, 0.25) is 0 Å². The third-order valence-corrected chi connectivity index (χ3v) is 2.79. The van der Waals surface area contributed by atoms with Crippen LogP contribution < -0.4 is 10.6 Å². The molecule has 1 aromatic heterocycles. The van der Waals surface area contributed by atoms with E-state index in [4.69, 9.17) is 5.73 Å². The molecule has 1 aliphatic rings. The van der Waals surface area contributed by atoms with Crippen molar-refractivity contribution in [1.29, 1.82) is 0 Å². The number of carbonyl (C=O) groups excluding carboxylic acids is 1. The van der Waals surface area contributed by atoms with Gasteiger partial charge in [0.05, 0.1) is 12.6 Å². The van der Waals surface area contributed by atoms with Gasteiger partial charge in [-0.15, -0.1) is 0 Å². The molecule has 2 heterocycles. The normalized spacial score (nSPS) is 20.1. The van der Waals surface area contributed by atoms with Gasteiger partial charge in [-0.3, -0.25) is 4.79 Å². The summed E-state index contributed by atoms with van der Waals surface area (Å²) in [6.07, 6.45) is 1.97. The van der Waals surface area contributed by atoms with E-state index in [9.17, 15) is 9.90 Å². The molecular formula is C11H14N3O2. The van der Waals surface area contributed by atoms with Crippen molar-refractivity contribution >= 4 is 11.7 Å². The summed E-state index contributed by atoms with van der Waals surface area (Å²) in [6, 6.07) is 6.20. The molecule has 0 aliphatic carbocycles. The highest BCUT2D eigenvalue weighted by atomic mass is 16.3. The maximum atomic E-state index is 11.0. The highest BCUT2D eigenvalue weighted by Gasteiger charge is 2.25. The molecule has 1 radical (unpaired) electrons. The second-order valence-electron chi connectivity index (χ2n) is 3.83. The lowest BCUT2D eigenvalue weighted by atomic mass is 10.2. The van der Waals surface area contributed by atoms with Crippen LogP contribution in [-0.2, 0) is 0 Å². The van der Waals surface area contributed by atoms with Crippen LogP contribution in [0, 0.1) is 6.07 Å². The minimum atomic E-state index is -0.582. The molecule has 1 aliphatic heterocycles. The molecule has 1 atom stereocenters. The number of aliphatic hydroxyl groups is 1. The maximum absolute atomic E-state index is 11.0. The van der Waals surface area contributed by atoms with Gasteiger partial charge in [0.15, 0.2) is 0 Å². The van der Waals surface area contributed by atoms with E-state index < -0.39 is 5.91 Å². The number of pyridine rings is 1. The quantitative estimate of drug-likeness (QED) is 0.748. The number of aliphatic hydroxyl groups excluding tert-OH is 1. The van der Waals surface area contributed by atoms with Crippen LogP contribution in [0.3, 0.4) is 0 Å². The largest absolute Gasteiger partial charge is 0.394 e. The van der Waals surface area contributed by atoms with E-state index in [0.29, 0.717) is 5.82 Å². The Morgan fingerprint density at radius 3 is 3.25 bits per heavy atom. The minimum Gasteiger partial charge on any atom is -0.394 e. The Morgan fingerprint density at radius 2 is 2.56 bits per heavy atom. The first-order chi connectivity index (χ1) is 7.72. The van der Waals surface area contributed by atoms with Crippen molar-refractivity contribution < 1.29 is 9.90 Å². The topological polar surface area (TPSA) is 79.5 Å². The Balaban J connectivity index is 2.26. The van der Waals surface area contributed by atoms with Crippen molar-refractivity contribution in [1.82, 2.24) is 4.98 Å². The Hall–Kier alpha value is -1.62. The van der Waals surface area contributed by atoms with Gasteiger partial charge in [-0.1, -0.05) is 0 Å². The summed E-state index contributed by atoms with van der Waals surface area (Å²) in [5.74, 6) is 0.102. The highest BCUT2D eigenvalue weighted by molar-refractivity contribution is 5.90. The van der Waals surface area contributed by atoms with Crippen LogP contribution in [0.2, 0.25) is 0 Å². The Morgan fingerprint density at radius 1 is 1.75 bits per heavy atom. The van der Waals surface area contributed by atoms with Gasteiger partial charge in [0.1, 0.15) is 11.5 Å². The van der Waals surface area contributed by atoms with Crippen LogP contribution in [0.5, 0.6) is 0 Å². The van der Waals surface area contributed by atoms with Crippen molar-refractivity contribution in [2.75, 3.05) is 18.1 Å². The Bertz CT molecular complexity index is 395. The Labute approximate surface area is 93.9 Å². The lowest BCUT2D eigenvalue weighted by Gasteiger charge is -2.24. The predicted molar refractivity (Wildman–Crippen MR) is 59.0 cm³/mol. The average molecular weight is 220 g/mol. The first-order valence-corrected chi connectivity index (χ1v) is 5.28. The number of rotatable bonds is 3. The van der Waals surface area contributed by atoms with Crippen molar-refractivity contribution in [3.63, 3.8) is 0 Å². The van der Waals surface area contributed by atoms with E-state index in [1.807, 2.05) is 4.90 Å². The van der Waals surface area contributed by atoms with E-state index >= 15 is 0 Å². The fraction of sp³-hybridized carbons (Fsp3) is 0.455. The lowest BCUT2D eigenvalue weighted by Crippen LogP contribution is -2.33. The summed E-state index contributed by atoms with van der Waals surface area (Å²) >= 11 is 0. The first kappa shape index (κ1) is 10.9. The van der Waals surface area contributed by atoms with Crippen LogP contribution in [-0.4, -0.2) is 35.2 Å². The van der Waals surface area contributed by atoms with Crippen molar-refractivity contribution in [2.24, 2.45) is 5.73 Å². The van der Waals surface area contributed by atoms with Gasteiger partial charge in [-0.05, 0) is 25.0 Å². The molecule has 0 unspecified atom stereocenters. The fourth-order valence-corrected chi connectivity index (χ4v) is 1.99. The van der Waals surface area contributed by atoms with Crippen molar-refractivity contribution in [3.8, 4) is 0 Å². The molecule has 3 N–H and O–H groups in total. The van der Waals surface area contributed by atoms with Gasteiger partial charge >= 0.3 is 0 Å². The van der Waals surface area contributed by atoms with E-state index in [2.05, 4.69) is 11.1 Å². The maximum Gasteiger partial charge on any atom is 0.268 e. The monoisotopic (exact) mass is 220 g/mol. The zero-order chi connectivity index (χ0) is 11.5. The molecule has 0 bridgehead atoms. The molecule has 1 amide bonds. The first-order valence-electron chi connectivity index (χ1n) is 5.28. The van der Waals surface area contributed by atoms with E-state index in [0.717, 1.165) is 19.4 Å². The summed E-state index contributed by atoms with van der Waals surface area (Å²) in [5.41, 5.74) is 5.29. The van der Waals surface area contributed by atoms with E-state index in [-0.39, 0.29) is 18.3 Å². The molecule has 5 heteroatoms. The van der Waals surface area contributed by atoms with Crippen LogP contribution in [0.4, 0.5) is 5.82 Å². The fourth-order valence-electron chi connectivity index (χ4n) is 1.99. The summed E-state index contributed by atoms with van der Waals surface area (Å²) < 4.78 is 0. The molecule has 0 aromatic carbocycles. The van der Waals surface area contributed by atoms with Gasteiger partial charge in [-0.2, -0.15) is 0 Å². The average Bonchev–Trinajstić information content (AvgIpc) is 2.77. The van der Waals surface area contributed by atoms with E-state index in [1.165, 1.54) is 0 Å². The van der Waals surface area contributed by atoms with Gasteiger partial charge < -0.3 is 15.7 Å². The van der Waals surface area contributed by atoms with Gasteiger partial charge in [-0.25, -0.2) is 4.98 Å². The van der Waals surface area contributed by atoms with Crippen LogP contribution in [0.1, 0.15) is 23.3 Å². The third-order valence-electron chi connectivity index (χ3n) is 2.79. The number of aromatic nitrogens is 1. The SMILES string of the molecule is NC(=O)c1[c]ccc(N2CCC[C@H]2CO)n1. The highest BCUT2D eigenvalue weighted by Crippen LogP contribution is 2.23. The molecule has 0 spiro atoms. The number of nitrogens with zero attached hydrogens (tertiary/aromatic N) is 2. The van der Waals surface area contributed by atoms with Crippen molar-refractivity contribution in [3.05, 3.63) is 23.9 Å². The number of amides is 1. The van der Waals surface area contributed by atoms with Gasteiger partial charge in [0.25, 0.3) is 5.91 Å². The number of hydrogen-bond donors (Lipinski definition) is 2. The molecular weight excluding hydrogens is 206 g/mol. The smallest absolute Gasteiger partial charge is 0.268 e. The van der Waals surface area contributed by atoms with Crippen molar-refractivity contribution in [2.45, 2.75) is 18.9 Å². The molecule has 1 aromatic rings. The van der Waals surface area contributed by atoms with E-state index in [1.54, 1.807) is 12.1 Å². The van der Waals surface area contributed by atoms with Gasteiger partial charge in [0, 0.05) is 12.6 Å². The van der Waals surface area contributed by atoms with Crippen LogP contribution in [0.15, 0.2) is 12.1 Å². The standard InChI is InChI=1S/C11H14N3O2/c12-11(16)9-4-1-5-10(13-9)14-6-2-3-8(14)7-15/h1,5,8,15H,2-3,6-7H2,(H2,12,16)/t8-/m0/s1. The predicted octanol–water partition coefficient (Wildman–Crippen LogP) is -0.0582. The zero-order valence-corrected chi connectivity index (χ0v) is 8.89. The zero-order valence-electron chi connectivity index (χ0n) is 8.89. The number of nitrogens with two attached hydrogens (primary N) is 1. The van der Waals surface area contributed by atoms with Crippen LogP contribution in [0.25, 0.3) is 0 Å². The summed E-state index contributed by atoms with van der Waals surface area (Å²) in [5, 5.41) is 9.21. The summed E-state index contributed by atoms with van der Waals surface area (Å²) in [4.78, 5) is 17.1. The molecule has 0 saturated carbocycles. The molecule has 2 rings (SSSR count). The summed E-state index contributed by atoms with van der Waals surface area (Å²) in [6.45, 7) is 0.951. The molecule has 1 saturated heterocycles. The summed E-state index contributed by atoms with van der Waals surface area (Å²) in [7, 11) is 0. The number of primary amides is 1.